The monoisotopic (exact) mass is 243 g/mol. The Morgan fingerprint density at radius 2 is 1.88 bits per heavy atom. The van der Waals surface area contributed by atoms with Crippen LogP contribution in [-0.2, 0) is 19.6 Å². The van der Waals surface area contributed by atoms with Crippen molar-refractivity contribution in [2.45, 2.75) is 17.9 Å². The molecule has 1 aromatic carbocycles. The molecule has 0 spiro atoms. The van der Waals surface area contributed by atoms with Crippen molar-refractivity contribution in [3.05, 3.63) is 30.3 Å². The molecule has 0 aromatic heterocycles. The number of carbonyl (C=O) groups excluding carboxylic acids is 1. The van der Waals surface area contributed by atoms with Crippen molar-refractivity contribution in [2.24, 2.45) is 0 Å². The van der Waals surface area contributed by atoms with Gasteiger partial charge in [-0.2, -0.15) is 4.72 Å². The lowest BCUT2D eigenvalue weighted by Crippen LogP contribution is -2.39. The normalized spacial score (nSPS) is 13.1. The van der Waals surface area contributed by atoms with Gasteiger partial charge in [-0.25, -0.2) is 8.42 Å². The molecule has 0 radical (unpaired) electrons. The standard InChI is InChI=1S/C10H13NO4S/c1-8(10(12)15-2)11-16(13,14)9-6-4-3-5-7-9/h3-8,11H,1-2H3. The number of benzene rings is 1. The maximum absolute atomic E-state index is 11.7. The smallest absolute Gasteiger partial charge is 0.323 e. The Bertz CT molecular complexity index is 455. The molecular formula is C10H13NO4S. The first kappa shape index (κ1) is 12.7. The fourth-order valence-electron chi connectivity index (χ4n) is 1.13. The minimum Gasteiger partial charge on any atom is -0.468 e. The zero-order valence-electron chi connectivity index (χ0n) is 9.01. The van der Waals surface area contributed by atoms with Crippen LogP contribution in [0.5, 0.6) is 0 Å². The molecule has 0 bridgehead atoms. The van der Waals surface area contributed by atoms with E-state index in [9.17, 15) is 13.2 Å². The zero-order chi connectivity index (χ0) is 12.2. The minimum absolute atomic E-state index is 0.116. The van der Waals surface area contributed by atoms with Gasteiger partial charge in [-0.1, -0.05) is 18.2 Å². The summed E-state index contributed by atoms with van der Waals surface area (Å²) in [7, 11) is -2.46. The summed E-state index contributed by atoms with van der Waals surface area (Å²) in [6.45, 7) is 1.42. The molecule has 0 aliphatic heterocycles. The Morgan fingerprint density at radius 1 is 1.31 bits per heavy atom. The van der Waals surface area contributed by atoms with E-state index in [0.717, 1.165) is 0 Å². The first-order valence-corrected chi connectivity index (χ1v) is 6.11. The van der Waals surface area contributed by atoms with Crippen LogP contribution in [0.15, 0.2) is 35.2 Å². The summed E-state index contributed by atoms with van der Waals surface area (Å²) in [5.41, 5.74) is 0. The van der Waals surface area contributed by atoms with Crippen LogP contribution >= 0.6 is 0 Å². The maximum atomic E-state index is 11.7. The molecular weight excluding hydrogens is 230 g/mol. The van der Waals surface area contributed by atoms with E-state index in [-0.39, 0.29) is 4.90 Å². The number of nitrogens with one attached hydrogen (secondary N) is 1. The SMILES string of the molecule is COC(=O)C(C)NS(=O)(=O)c1ccccc1. The molecule has 1 aromatic rings. The molecule has 0 saturated heterocycles. The predicted molar refractivity (Wildman–Crippen MR) is 58.2 cm³/mol. The van der Waals surface area contributed by atoms with Crippen molar-refractivity contribution in [1.82, 2.24) is 4.72 Å². The van der Waals surface area contributed by atoms with Crippen molar-refractivity contribution in [3.63, 3.8) is 0 Å². The molecule has 5 nitrogen and oxygen atoms in total. The summed E-state index contributed by atoms with van der Waals surface area (Å²) >= 11 is 0. The van der Waals surface area contributed by atoms with Gasteiger partial charge in [0.15, 0.2) is 0 Å². The van der Waals surface area contributed by atoms with Gasteiger partial charge < -0.3 is 4.74 Å². The first-order chi connectivity index (χ1) is 7.47. The minimum atomic E-state index is -3.67. The van der Waals surface area contributed by atoms with Crippen LogP contribution in [0.3, 0.4) is 0 Å². The average molecular weight is 243 g/mol. The second kappa shape index (κ2) is 5.09. The van der Waals surface area contributed by atoms with Gasteiger partial charge in [0.05, 0.1) is 12.0 Å². The second-order valence-electron chi connectivity index (χ2n) is 3.18. The molecule has 0 aliphatic rings. The lowest BCUT2D eigenvalue weighted by molar-refractivity contribution is -0.142. The summed E-state index contributed by atoms with van der Waals surface area (Å²) in [5.74, 6) is -0.625. The van der Waals surface area contributed by atoms with Crippen molar-refractivity contribution in [1.29, 1.82) is 0 Å². The highest BCUT2D eigenvalue weighted by Gasteiger charge is 2.21. The molecule has 1 atom stereocenters. The molecule has 1 unspecified atom stereocenters. The predicted octanol–water partition coefficient (Wildman–Crippen LogP) is 0.526. The number of hydrogen-bond acceptors (Lipinski definition) is 4. The average Bonchev–Trinajstić information content (AvgIpc) is 2.28. The third-order valence-electron chi connectivity index (χ3n) is 1.94. The molecule has 0 heterocycles. The van der Waals surface area contributed by atoms with Crippen LogP contribution in [-0.4, -0.2) is 27.5 Å². The molecule has 16 heavy (non-hydrogen) atoms. The van der Waals surface area contributed by atoms with Gasteiger partial charge in [0, 0.05) is 0 Å². The van der Waals surface area contributed by atoms with E-state index < -0.39 is 22.0 Å². The molecule has 1 rings (SSSR count). The van der Waals surface area contributed by atoms with Crippen molar-refractivity contribution >= 4 is 16.0 Å². The first-order valence-electron chi connectivity index (χ1n) is 4.62. The van der Waals surface area contributed by atoms with Gasteiger partial charge in [-0.05, 0) is 19.1 Å². The Labute approximate surface area is 94.5 Å². The molecule has 6 heteroatoms. The number of ether oxygens (including phenoxy) is 1. The van der Waals surface area contributed by atoms with Crippen molar-refractivity contribution < 1.29 is 17.9 Å². The highest BCUT2D eigenvalue weighted by molar-refractivity contribution is 7.89. The Morgan fingerprint density at radius 3 is 2.38 bits per heavy atom. The molecule has 0 saturated carbocycles. The van der Waals surface area contributed by atoms with E-state index in [1.165, 1.54) is 26.2 Å². The second-order valence-corrected chi connectivity index (χ2v) is 4.89. The van der Waals surface area contributed by atoms with Gasteiger partial charge in [0.2, 0.25) is 10.0 Å². The summed E-state index contributed by atoms with van der Waals surface area (Å²) in [4.78, 5) is 11.2. The Hall–Kier alpha value is -1.40. The Balaban J connectivity index is 2.85. The van der Waals surface area contributed by atoms with Gasteiger partial charge in [0.25, 0.3) is 0 Å². The lowest BCUT2D eigenvalue weighted by atomic mass is 10.4. The van der Waals surface area contributed by atoms with Crippen LogP contribution < -0.4 is 4.72 Å². The van der Waals surface area contributed by atoms with Crippen LogP contribution in [0.2, 0.25) is 0 Å². The number of hydrogen-bond donors (Lipinski definition) is 1. The zero-order valence-corrected chi connectivity index (χ0v) is 9.82. The lowest BCUT2D eigenvalue weighted by Gasteiger charge is -2.11. The topological polar surface area (TPSA) is 72.5 Å². The van der Waals surface area contributed by atoms with Gasteiger partial charge in [-0.15, -0.1) is 0 Å². The van der Waals surface area contributed by atoms with E-state index >= 15 is 0 Å². The summed E-state index contributed by atoms with van der Waals surface area (Å²) in [5, 5.41) is 0. The highest BCUT2D eigenvalue weighted by atomic mass is 32.2. The van der Waals surface area contributed by atoms with Crippen LogP contribution in [0.25, 0.3) is 0 Å². The van der Waals surface area contributed by atoms with Gasteiger partial charge in [-0.3, -0.25) is 4.79 Å². The number of carbonyl (C=O) groups is 1. The van der Waals surface area contributed by atoms with E-state index in [4.69, 9.17) is 0 Å². The highest BCUT2D eigenvalue weighted by Crippen LogP contribution is 2.08. The fraction of sp³-hybridized carbons (Fsp3) is 0.300. The quantitative estimate of drug-likeness (QED) is 0.783. The third-order valence-corrected chi connectivity index (χ3v) is 3.50. The van der Waals surface area contributed by atoms with Gasteiger partial charge >= 0.3 is 5.97 Å². The number of methoxy groups -OCH3 is 1. The maximum Gasteiger partial charge on any atom is 0.323 e. The molecule has 0 amide bonds. The van der Waals surface area contributed by atoms with E-state index in [1.54, 1.807) is 18.2 Å². The number of esters is 1. The van der Waals surface area contributed by atoms with E-state index in [2.05, 4.69) is 9.46 Å². The summed E-state index contributed by atoms with van der Waals surface area (Å²) in [6.07, 6.45) is 0. The van der Waals surface area contributed by atoms with E-state index in [0.29, 0.717) is 0 Å². The van der Waals surface area contributed by atoms with Crippen LogP contribution in [0.4, 0.5) is 0 Å². The van der Waals surface area contributed by atoms with Crippen molar-refractivity contribution in [2.75, 3.05) is 7.11 Å². The number of sulfonamides is 1. The third kappa shape index (κ3) is 3.04. The van der Waals surface area contributed by atoms with Crippen LogP contribution in [0, 0.1) is 0 Å². The van der Waals surface area contributed by atoms with Gasteiger partial charge in [0.1, 0.15) is 6.04 Å². The van der Waals surface area contributed by atoms with Crippen LogP contribution in [0.1, 0.15) is 6.92 Å². The molecule has 0 aliphatic carbocycles. The fourth-order valence-corrected chi connectivity index (χ4v) is 2.34. The van der Waals surface area contributed by atoms with E-state index in [1.807, 2.05) is 0 Å². The molecule has 88 valence electrons. The molecule has 0 fully saturated rings. The van der Waals surface area contributed by atoms with Crippen molar-refractivity contribution in [3.8, 4) is 0 Å². The Kier molecular flexibility index (Phi) is 4.03. The molecule has 1 N–H and O–H groups in total. The number of rotatable bonds is 4. The summed E-state index contributed by atoms with van der Waals surface area (Å²) < 4.78 is 30.1. The largest absolute Gasteiger partial charge is 0.468 e. The summed E-state index contributed by atoms with van der Waals surface area (Å²) in [6, 6.07) is 6.92.